The van der Waals surface area contributed by atoms with Crippen LogP contribution in [0.15, 0.2) is 66.7 Å². The van der Waals surface area contributed by atoms with Gasteiger partial charge < -0.3 is 15.4 Å². The summed E-state index contributed by atoms with van der Waals surface area (Å²) in [4.78, 5) is 12.3. The molecular weight excluding hydrogens is 340 g/mol. The normalized spacial score (nSPS) is 11.5. The number of nitrogens with zero attached hydrogens (tertiary/aromatic N) is 2. The summed E-state index contributed by atoms with van der Waals surface area (Å²) in [5.41, 5.74) is 0.915. The van der Waals surface area contributed by atoms with Crippen molar-refractivity contribution in [2.75, 3.05) is 10.6 Å². The Balaban J connectivity index is 1.59. The van der Waals surface area contributed by atoms with Crippen LogP contribution in [0.5, 0.6) is 11.5 Å². The molecule has 0 saturated carbocycles. The van der Waals surface area contributed by atoms with Crippen LogP contribution in [0.1, 0.15) is 30.8 Å². The first kappa shape index (κ1) is 18.4. The van der Waals surface area contributed by atoms with E-state index in [4.69, 9.17) is 4.74 Å². The van der Waals surface area contributed by atoms with Gasteiger partial charge in [0, 0.05) is 11.7 Å². The largest absolute Gasteiger partial charge is 0.457 e. The molecule has 138 valence electrons. The second kappa shape index (κ2) is 8.80. The van der Waals surface area contributed by atoms with Crippen molar-refractivity contribution < 1.29 is 9.53 Å². The Morgan fingerprint density at radius 2 is 1.67 bits per heavy atom. The molecule has 27 heavy (non-hydrogen) atoms. The lowest BCUT2D eigenvalue weighted by atomic mass is 10.2. The molecule has 0 aliphatic rings. The van der Waals surface area contributed by atoms with Gasteiger partial charge in [0.25, 0.3) is 5.91 Å². The van der Waals surface area contributed by atoms with Crippen molar-refractivity contribution in [1.82, 2.24) is 10.2 Å². The maximum absolute atomic E-state index is 12.3. The van der Waals surface area contributed by atoms with Crippen molar-refractivity contribution in [2.45, 2.75) is 26.3 Å². The second-order valence-corrected chi connectivity index (χ2v) is 6.15. The van der Waals surface area contributed by atoms with E-state index in [1.807, 2.05) is 30.3 Å². The first-order chi connectivity index (χ1) is 13.1. The third-order valence-electron chi connectivity index (χ3n) is 3.99. The third kappa shape index (κ3) is 5.28. The molecule has 3 aromatic rings. The fourth-order valence-electron chi connectivity index (χ4n) is 2.31. The van der Waals surface area contributed by atoms with Gasteiger partial charge in [0.2, 0.25) is 0 Å². The molecule has 0 aliphatic carbocycles. The van der Waals surface area contributed by atoms with Gasteiger partial charge in [-0.1, -0.05) is 25.1 Å². The molecule has 1 aromatic heterocycles. The first-order valence-electron chi connectivity index (χ1n) is 8.88. The van der Waals surface area contributed by atoms with Crippen molar-refractivity contribution >= 4 is 17.4 Å². The van der Waals surface area contributed by atoms with Crippen LogP contribution in [-0.4, -0.2) is 22.1 Å². The number of para-hydroxylation sites is 1. The predicted octanol–water partition coefficient (Wildman–Crippen LogP) is 4.73. The highest BCUT2D eigenvalue weighted by Gasteiger charge is 2.09. The van der Waals surface area contributed by atoms with E-state index in [0.29, 0.717) is 23.3 Å². The van der Waals surface area contributed by atoms with Crippen molar-refractivity contribution in [2.24, 2.45) is 0 Å². The topological polar surface area (TPSA) is 76.1 Å². The number of carbonyl (C=O) groups excluding carboxylic acids is 1. The number of anilines is 2. The maximum Gasteiger partial charge on any atom is 0.276 e. The van der Waals surface area contributed by atoms with Gasteiger partial charge in [-0.15, -0.1) is 10.2 Å². The molecule has 3 rings (SSSR count). The standard InChI is InChI=1S/C21H22N4O2/c1-3-15(2)22-20-14-13-19(24-25-20)21(26)23-16-9-11-18(12-10-16)27-17-7-5-4-6-8-17/h4-15H,3H2,1-2H3,(H,22,25)(H,23,26). The molecule has 1 heterocycles. The van der Waals surface area contributed by atoms with E-state index in [9.17, 15) is 4.79 Å². The van der Waals surface area contributed by atoms with Crippen LogP contribution in [0.3, 0.4) is 0 Å². The minimum Gasteiger partial charge on any atom is -0.457 e. The van der Waals surface area contributed by atoms with E-state index >= 15 is 0 Å². The number of hydrogen-bond acceptors (Lipinski definition) is 5. The van der Waals surface area contributed by atoms with Crippen LogP contribution in [0.2, 0.25) is 0 Å². The van der Waals surface area contributed by atoms with E-state index < -0.39 is 0 Å². The van der Waals surface area contributed by atoms with Gasteiger partial charge in [-0.25, -0.2) is 0 Å². The van der Waals surface area contributed by atoms with Crippen LogP contribution in [0, 0.1) is 0 Å². The molecule has 1 amide bonds. The summed E-state index contributed by atoms with van der Waals surface area (Å²) in [5, 5.41) is 14.1. The lowest BCUT2D eigenvalue weighted by Gasteiger charge is -2.11. The van der Waals surface area contributed by atoms with Gasteiger partial charge >= 0.3 is 0 Å². The van der Waals surface area contributed by atoms with Crippen LogP contribution in [0.4, 0.5) is 11.5 Å². The molecule has 2 aromatic carbocycles. The van der Waals surface area contributed by atoms with Gasteiger partial charge in [-0.05, 0) is 61.9 Å². The molecule has 1 atom stereocenters. The molecule has 0 spiro atoms. The van der Waals surface area contributed by atoms with E-state index in [1.165, 1.54) is 0 Å². The second-order valence-electron chi connectivity index (χ2n) is 6.15. The average Bonchev–Trinajstić information content (AvgIpc) is 2.70. The van der Waals surface area contributed by atoms with Crippen molar-refractivity contribution in [3.8, 4) is 11.5 Å². The number of amides is 1. The minimum atomic E-state index is -0.311. The van der Waals surface area contributed by atoms with Crippen LogP contribution in [-0.2, 0) is 0 Å². The third-order valence-corrected chi connectivity index (χ3v) is 3.99. The highest BCUT2D eigenvalue weighted by Crippen LogP contribution is 2.22. The van der Waals surface area contributed by atoms with Gasteiger partial charge in [0.05, 0.1) is 0 Å². The Bertz CT molecular complexity index is 865. The van der Waals surface area contributed by atoms with Gasteiger partial charge in [-0.2, -0.15) is 0 Å². The number of nitrogens with one attached hydrogen (secondary N) is 2. The SMILES string of the molecule is CCC(C)Nc1ccc(C(=O)Nc2ccc(Oc3ccccc3)cc2)nn1. The lowest BCUT2D eigenvalue weighted by molar-refractivity contribution is 0.102. The smallest absolute Gasteiger partial charge is 0.276 e. The fraction of sp³-hybridized carbons (Fsp3) is 0.190. The van der Waals surface area contributed by atoms with E-state index in [0.717, 1.165) is 12.2 Å². The van der Waals surface area contributed by atoms with Gasteiger partial charge in [0.1, 0.15) is 17.3 Å². The van der Waals surface area contributed by atoms with E-state index in [2.05, 4.69) is 34.7 Å². The van der Waals surface area contributed by atoms with E-state index in [1.54, 1.807) is 36.4 Å². The van der Waals surface area contributed by atoms with Crippen molar-refractivity contribution in [1.29, 1.82) is 0 Å². The number of ether oxygens (including phenoxy) is 1. The summed E-state index contributed by atoms with van der Waals surface area (Å²) in [6.07, 6.45) is 0.980. The highest BCUT2D eigenvalue weighted by molar-refractivity contribution is 6.02. The zero-order chi connectivity index (χ0) is 19.1. The minimum absolute atomic E-state index is 0.259. The molecule has 0 radical (unpaired) electrons. The maximum atomic E-state index is 12.3. The predicted molar refractivity (Wildman–Crippen MR) is 106 cm³/mol. The summed E-state index contributed by atoms with van der Waals surface area (Å²) in [7, 11) is 0. The Morgan fingerprint density at radius 3 is 2.30 bits per heavy atom. The number of carbonyl (C=O) groups is 1. The Kier molecular flexibility index (Phi) is 5.99. The molecule has 0 bridgehead atoms. The van der Waals surface area contributed by atoms with Gasteiger partial charge in [0.15, 0.2) is 5.69 Å². The van der Waals surface area contributed by atoms with Gasteiger partial charge in [-0.3, -0.25) is 4.79 Å². The molecule has 2 N–H and O–H groups in total. The summed E-state index contributed by atoms with van der Waals surface area (Å²) < 4.78 is 5.73. The Morgan fingerprint density at radius 1 is 0.963 bits per heavy atom. The van der Waals surface area contributed by atoms with Crippen molar-refractivity contribution in [3.63, 3.8) is 0 Å². The number of hydrogen-bond donors (Lipinski definition) is 2. The highest BCUT2D eigenvalue weighted by atomic mass is 16.5. The molecular formula is C21H22N4O2. The number of rotatable bonds is 7. The van der Waals surface area contributed by atoms with Crippen LogP contribution >= 0.6 is 0 Å². The molecule has 6 heteroatoms. The zero-order valence-electron chi connectivity index (χ0n) is 15.3. The summed E-state index contributed by atoms with van der Waals surface area (Å²) >= 11 is 0. The first-order valence-corrected chi connectivity index (χ1v) is 8.88. The Labute approximate surface area is 158 Å². The van der Waals surface area contributed by atoms with Crippen molar-refractivity contribution in [3.05, 3.63) is 72.4 Å². The monoisotopic (exact) mass is 362 g/mol. The van der Waals surface area contributed by atoms with Crippen LogP contribution in [0.25, 0.3) is 0 Å². The summed E-state index contributed by atoms with van der Waals surface area (Å²) in [6.45, 7) is 4.15. The molecule has 1 unspecified atom stereocenters. The number of aromatic nitrogens is 2. The quantitative estimate of drug-likeness (QED) is 0.635. The summed E-state index contributed by atoms with van der Waals surface area (Å²) in [5.74, 6) is 1.80. The lowest BCUT2D eigenvalue weighted by Crippen LogP contribution is -2.17. The molecule has 0 saturated heterocycles. The molecule has 0 aliphatic heterocycles. The van der Waals surface area contributed by atoms with E-state index in [-0.39, 0.29) is 11.6 Å². The number of benzene rings is 2. The zero-order valence-corrected chi connectivity index (χ0v) is 15.3. The molecule has 0 fully saturated rings. The summed E-state index contributed by atoms with van der Waals surface area (Å²) in [6, 6.07) is 20.4. The van der Waals surface area contributed by atoms with Crippen LogP contribution < -0.4 is 15.4 Å². The Hall–Kier alpha value is -3.41. The fourth-order valence-corrected chi connectivity index (χ4v) is 2.31. The average molecular weight is 362 g/mol. The molecule has 6 nitrogen and oxygen atoms in total.